The smallest absolute Gasteiger partial charge is 0.239 e. The third-order valence-electron chi connectivity index (χ3n) is 5.77. The van der Waals surface area contributed by atoms with Gasteiger partial charge in [-0.05, 0) is 43.0 Å². The second-order valence-corrected chi connectivity index (χ2v) is 7.59. The number of nitrogens with one attached hydrogen (secondary N) is 1. The summed E-state index contributed by atoms with van der Waals surface area (Å²) >= 11 is 0. The Hall–Kier alpha value is -2.62. The van der Waals surface area contributed by atoms with Crippen LogP contribution in [-0.2, 0) is 11.3 Å². The minimum Gasteiger partial charge on any atom is -0.355 e. The Balaban J connectivity index is 1.52. The van der Waals surface area contributed by atoms with Gasteiger partial charge in [-0.15, -0.1) is 0 Å². The van der Waals surface area contributed by atoms with E-state index in [1.54, 1.807) is 0 Å². The van der Waals surface area contributed by atoms with Crippen molar-refractivity contribution in [1.29, 1.82) is 0 Å². The van der Waals surface area contributed by atoms with Crippen molar-refractivity contribution in [3.05, 3.63) is 58.8 Å². The molecule has 0 atom stereocenters. The first-order valence-electron chi connectivity index (χ1n) is 10.0. The van der Waals surface area contributed by atoms with Crippen molar-refractivity contribution in [2.75, 3.05) is 6.54 Å². The zero-order chi connectivity index (χ0) is 18.6. The first-order valence-corrected chi connectivity index (χ1v) is 10.0. The summed E-state index contributed by atoms with van der Waals surface area (Å²) in [5.74, 6) is 0.856. The van der Waals surface area contributed by atoms with Crippen LogP contribution in [0.1, 0.15) is 38.5 Å². The van der Waals surface area contributed by atoms with Gasteiger partial charge in [0.2, 0.25) is 5.91 Å². The van der Waals surface area contributed by atoms with Crippen LogP contribution in [0, 0.1) is 5.92 Å². The molecule has 0 aliphatic heterocycles. The first kappa shape index (κ1) is 17.8. The fourth-order valence-electron chi connectivity index (χ4n) is 4.36. The maximum atomic E-state index is 12.7. The highest BCUT2D eigenvalue weighted by Crippen LogP contribution is 2.28. The number of carbonyl (C=O) groups is 1. The lowest BCUT2D eigenvalue weighted by Gasteiger charge is -2.15. The number of para-hydroxylation sites is 2. The normalized spacial score (nSPS) is 14.8. The van der Waals surface area contributed by atoms with Crippen molar-refractivity contribution in [3.8, 4) is 0 Å². The van der Waals surface area contributed by atoms with Gasteiger partial charge in [0.25, 0.3) is 0 Å². The Kier molecular flexibility index (Phi) is 5.23. The van der Waals surface area contributed by atoms with Crippen LogP contribution >= 0.6 is 0 Å². The molecule has 1 amide bonds. The molecule has 0 saturated heterocycles. The molecule has 0 unspecified atom stereocenters. The average Bonchev–Trinajstić information content (AvgIpc) is 3.22. The quantitative estimate of drug-likeness (QED) is 0.527. The van der Waals surface area contributed by atoms with E-state index in [1.165, 1.54) is 32.1 Å². The molecule has 4 rings (SSSR count). The third-order valence-corrected chi connectivity index (χ3v) is 5.77. The van der Waals surface area contributed by atoms with E-state index in [-0.39, 0.29) is 17.9 Å². The van der Waals surface area contributed by atoms with Gasteiger partial charge < -0.3 is 9.88 Å². The number of nitrogens with zero attached hydrogens (tertiary/aromatic N) is 1. The minimum absolute atomic E-state index is 0.000349. The standard InChI is InChI=1S/C23H26N2O2/c26-22(24-15-7-10-17-8-1-2-9-17)16-25-20-13-5-3-11-18(20)23(27)19-12-4-6-14-21(19)25/h3-6,11-14,17H,1-2,7-10,15-16H2,(H,24,26). The number of hydrogen-bond donors (Lipinski definition) is 1. The molecular formula is C23H26N2O2. The molecule has 0 spiro atoms. The molecule has 4 heteroatoms. The van der Waals surface area contributed by atoms with Crippen LogP contribution in [-0.4, -0.2) is 17.0 Å². The molecule has 1 aliphatic carbocycles. The number of hydrogen-bond acceptors (Lipinski definition) is 2. The van der Waals surface area contributed by atoms with Crippen LogP contribution in [0.2, 0.25) is 0 Å². The van der Waals surface area contributed by atoms with E-state index in [9.17, 15) is 9.59 Å². The molecule has 27 heavy (non-hydrogen) atoms. The Bertz CT molecular complexity index is 956. The lowest BCUT2D eigenvalue weighted by atomic mass is 10.0. The van der Waals surface area contributed by atoms with Gasteiger partial charge in [0, 0.05) is 17.3 Å². The Morgan fingerprint density at radius 3 is 2.19 bits per heavy atom. The summed E-state index contributed by atoms with van der Waals surface area (Å²) in [5.41, 5.74) is 1.64. The maximum Gasteiger partial charge on any atom is 0.239 e. The summed E-state index contributed by atoms with van der Waals surface area (Å²) in [6, 6.07) is 15.0. The van der Waals surface area contributed by atoms with Gasteiger partial charge in [0.15, 0.2) is 5.43 Å². The summed E-state index contributed by atoms with van der Waals surface area (Å²) in [4.78, 5) is 25.3. The van der Waals surface area contributed by atoms with Gasteiger partial charge in [-0.3, -0.25) is 9.59 Å². The highest BCUT2D eigenvalue weighted by atomic mass is 16.2. The van der Waals surface area contributed by atoms with Crippen molar-refractivity contribution in [2.24, 2.45) is 5.92 Å². The lowest BCUT2D eigenvalue weighted by molar-refractivity contribution is -0.121. The number of rotatable bonds is 6. The molecule has 1 N–H and O–H groups in total. The zero-order valence-corrected chi connectivity index (χ0v) is 15.6. The SMILES string of the molecule is O=C(Cn1c2ccccc2c(=O)c2ccccc21)NCCCC1CCCC1. The topological polar surface area (TPSA) is 51.1 Å². The molecule has 4 nitrogen and oxygen atoms in total. The fraction of sp³-hybridized carbons (Fsp3) is 0.391. The van der Waals surface area contributed by atoms with E-state index in [4.69, 9.17) is 0 Å². The van der Waals surface area contributed by atoms with E-state index < -0.39 is 0 Å². The van der Waals surface area contributed by atoms with E-state index in [0.717, 1.165) is 29.9 Å². The number of pyridine rings is 1. The van der Waals surface area contributed by atoms with E-state index in [1.807, 2.05) is 53.1 Å². The number of aromatic nitrogens is 1. The van der Waals surface area contributed by atoms with Crippen LogP contribution in [0.3, 0.4) is 0 Å². The van der Waals surface area contributed by atoms with Crippen LogP contribution in [0.4, 0.5) is 0 Å². The maximum absolute atomic E-state index is 12.7. The summed E-state index contributed by atoms with van der Waals surface area (Å²) in [6.07, 6.45) is 7.69. The van der Waals surface area contributed by atoms with Crippen molar-refractivity contribution < 1.29 is 4.79 Å². The average molecular weight is 362 g/mol. The minimum atomic E-state index is 0.000349. The van der Waals surface area contributed by atoms with Crippen LogP contribution in [0.5, 0.6) is 0 Å². The molecule has 1 saturated carbocycles. The Morgan fingerprint density at radius 2 is 1.56 bits per heavy atom. The number of amides is 1. The number of carbonyl (C=O) groups excluding carboxylic acids is 1. The number of fused-ring (bicyclic) bond motifs is 2. The van der Waals surface area contributed by atoms with Crippen molar-refractivity contribution in [1.82, 2.24) is 9.88 Å². The Morgan fingerprint density at radius 1 is 0.963 bits per heavy atom. The van der Waals surface area contributed by atoms with Gasteiger partial charge in [-0.25, -0.2) is 0 Å². The largest absolute Gasteiger partial charge is 0.355 e. The van der Waals surface area contributed by atoms with Gasteiger partial charge >= 0.3 is 0 Å². The molecular weight excluding hydrogens is 336 g/mol. The molecule has 1 aromatic heterocycles. The van der Waals surface area contributed by atoms with Crippen LogP contribution in [0.15, 0.2) is 53.3 Å². The summed E-state index contributed by atoms with van der Waals surface area (Å²) < 4.78 is 1.96. The van der Waals surface area contributed by atoms with Crippen molar-refractivity contribution in [3.63, 3.8) is 0 Å². The van der Waals surface area contributed by atoms with Gasteiger partial charge in [0.05, 0.1) is 11.0 Å². The van der Waals surface area contributed by atoms with Crippen LogP contribution < -0.4 is 10.7 Å². The monoisotopic (exact) mass is 362 g/mol. The van der Waals surface area contributed by atoms with Gasteiger partial charge in [-0.1, -0.05) is 49.9 Å². The molecule has 3 aromatic rings. The van der Waals surface area contributed by atoms with Crippen molar-refractivity contribution >= 4 is 27.7 Å². The molecule has 0 radical (unpaired) electrons. The highest BCUT2D eigenvalue weighted by molar-refractivity contribution is 5.94. The third kappa shape index (κ3) is 3.75. The zero-order valence-electron chi connectivity index (χ0n) is 15.6. The molecule has 140 valence electrons. The predicted molar refractivity (Wildman–Crippen MR) is 110 cm³/mol. The fourth-order valence-corrected chi connectivity index (χ4v) is 4.36. The lowest BCUT2D eigenvalue weighted by Crippen LogP contribution is -2.29. The Labute approximate surface area is 159 Å². The van der Waals surface area contributed by atoms with E-state index in [2.05, 4.69) is 5.32 Å². The van der Waals surface area contributed by atoms with Crippen LogP contribution in [0.25, 0.3) is 21.8 Å². The van der Waals surface area contributed by atoms with Gasteiger partial charge in [-0.2, -0.15) is 0 Å². The summed E-state index contributed by atoms with van der Waals surface area (Å²) in [5, 5.41) is 4.38. The van der Waals surface area contributed by atoms with Crippen molar-refractivity contribution in [2.45, 2.75) is 45.1 Å². The second-order valence-electron chi connectivity index (χ2n) is 7.59. The molecule has 1 fully saturated rings. The van der Waals surface area contributed by atoms with Gasteiger partial charge in [0.1, 0.15) is 6.54 Å². The van der Waals surface area contributed by atoms with E-state index in [0.29, 0.717) is 10.8 Å². The summed E-state index contributed by atoms with van der Waals surface area (Å²) in [7, 11) is 0. The van der Waals surface area contributed by atoms with E-state index >= 15 is 0 Å². The highest BCUT2D eigenvalue weighted by Gasteiger charge is 2.15. The molecule has 2 aromatic carbocycles. The predicted octanol–water partition coefficient (Wildman–Crippen LogP) is 4.24. The second kappa shape index (κ2) is 7.95. The molecule has 1 aliphatic rings. The molecule has 0 bridgehead atoms. The first-order chi connectivity index (χ1) is 13.2. The number of benzene rings is 2. The molecule has 1 heterocycles. The summed E-state index contributed by atoms with van der Waals surface area (Å²) in [6.45, 7) is 0.954.